The van der Waals surface area contributed by atoms with Crippen LogP contribution in [-0.4, -0.2) is 44.3 Å². The van der Waals surface area contributed by atoms with Crippen LogP contribution in [0.3, 0.4) is 0 Å². The van der Waals surface area contributed by atoms with Crippen molar-refractivity contribution in [1.82, 2.24) is 44.3 Å². The van der Waals surface area contributed by atoms with Crippen molar-refractivity contribution < 1.29 is 0 Å². The number of hydrogen-bond donors (Lipinski definition) is 1. The molecule has 0 unspecified atom stereocenters. The molecule has 184 valence electrons. The molecule has 5 rings (SSSR count). The molecule has 4 aromatic heterocycles. The van der Waals surface area contributed by atoms with Gasteiger partial charge in [-0.2, -0.15) is 0 Å². The van der Waals surface area contributed by atoms with E-state index in [9.17, 15) is 4.79 Å². The first-order valence-corrected chi connectivity index (χ1v) is 12.2. The Morgan fingerprint density at radius 2 is 1.89 bits per heavy atom. The van der Waals surface area contributed by atoms with Crippen LogP contribution in [0.1, 0.15) is 50.9 Å². The summed E-state index contributed by atoms with van der Waals surface area (Å²) in [7, 11) is 0. The topological polar surface area (TPSA) is 112 Å². The summed E-state index contributed by atoms with van der Waals surface area (Å²) in [5, 5.41) is 14.2. The normalized spacial score (nSPS) is 11.4. The van der Waals surface area contributed by atoms with Crippen molar-refractivity contribution in [2.24, 2.45) is 0 Å². The fourth-order valence-electron chi connectivity index (χ4n) is 4.34. The lowest BCUT2D eigenvalue weighted by molar-refractivity contribution is 0.577. The first-order chi connectivity index (χ1) is 17.6. The maximum Gasteiger partial charge on any atom is 0.335 e. The number of nitrogens with zero attached hydrogens (tertiary/aromatic N) is 8. The lowest BCUT2D eigenvalue weighted by atomic mass is 10.0. The summed E-state index contributed by atoms with van der Waals surface area (Å²) in [4.78, 5) is 22.7. The minimum atomic E-state index is -0.0959. The zero-order valence-corrected chi connectivity index (χ0v) is 20.7. The number of benzene rings is 1. The summed E-state index contributed by atoms with van der Waals surface area (Å²) >= 11 is 0. The Bertz CT molecular complexity index is 1490. The third-order valence-corrected chi connectivity index (χ3v) is 6.24. The van der Waals surface area contributed by atoms with E-state index in [2.05, 4.69) is 46.4 Å². The van der Waals surface area contributed by atoms with E-state index in [1.54, 1.807) is 10.8 Å². The number of H-pyrrole nitrogens is 1. The van der Waals surface area contributed by atoms with Gasteiger partial charge in [-0.1, -0.05) is 43.7 Å². The number of nitrogens with one attached hydrogen (secondary N) is 1. The van der Waals surface area contributed by atoms with E-state index in [0.29, 0.717) is 18.3 Å². The van der Waals surface area contributed by atoms with Crippen LogP contribution in [0.2, 0.25) is 0 Å². The highest BCUT2D eigenvalue weighted by atomic mass is 16.1. The van der Waals surface area contributed by atoms with Crippen LogP contribution in [0.25, 0.3) is 28.6 Å². The maximum atomic E-state index is 13.5. The van der Waals surface area contributed by atoms with Gasteiger partial charge in [-0.25, -0.2) is 19.4 Å². The standard InChI is InChI=1S/C26H29N9O/c1-4-5-8-20-17-35(25-27-13-14-33(25)18(2)3)26(36)34(20)16-19-11-12-23(28-15-19)21-9-6-7-10-22(21)24-29-31-32-30-24/h6-7,9-15,17-18H,4-5,8,16H2,1-3H3,(H,29,30,31,32). The van der Waals surface area contributed by atoms with Crippen molar-refractivity contribution in [3.63, 3.8) is 0 Å². The van der Waals surface area contributed by atoms with Gasteiger partial charge in [-0.3, -0.25) is 9.55 Å². The van der Waals surface area contributed by atoms with Crippen LogP contribution >= 0.6 is 0 Å². The van der Waals surface area contributed by atoms with Crippen LogP contribution < -0.4 is 5.69 Å². The Hall–Kier alpha value is -4.34. The number of tetrazole rings is 1. The average Bonchev–Trinajstić information content (AvgIpc) is 3.65. The summed E-state index contributed by atoms with van der Waals surface area (Å²) in [6.45, 7) is 6.75. The molecular formula is C26H29N9O. The van der Waals surface area contributed by atoms with E-state index >= 15 is 0 Å². The molecule has 4 heterocycles. The molecule has 0 saturated carbocycles. The van der Waals surface area contributed by atoms with E-state index in [1.165, 1.54) is 0 Å². The van der Waals surface area contributed by atoms with Gasteiger partial charge in [0.1, 0.15) is 0 Å². The minimum absolute atomic E-state index is 0.0959. The van der Waals surface area contributed by atoms with Crippen LogP contribution in [0.5, 0.6) is 0 Å². The highest BCUT2D eigenvalue weighted by molar-refractivity contribution is 5.78. The zero-order chi connectivity index (χ0) is 25.1. The molecule has 0 aliphatic heterocycles. The smallest absolute Gasteiger partial charge is 0.314 e. The second kappa shape index (κ2) is 10.1. The molecule has 0 radical (unpaired) electrons. The zero-order valence-electron chi connectivity index (χ0n) is 20.7. The third kappa shape index (κ3) is 4.49. The molecule has 0 atom stereocenters. The largest absolute Gasteiger partial charge is 0.335 e. The van der Waals surface area contributed by atoms with Crippen LogP contribution in [0.15, 0.2) is 66.0 Å². The molecule has 0 aliphatic rings. The predicted octanol–water partition coefficient (Wildman–Crippen LogP) is 4.05. The molecule has 0 bridgehead atoms. The number of unbranched alkanes of at least 4 members (excludes halogenated alkanes) is 1. The molecule has 0 spiro atoms. The predicted molar refractivity (Wildman–Crippen MR) is 137 cm³/mol. The van der Waals surface area contributed by atoms with Crippen molar-refractivity contribution in [2.45, 2.75) is 52.6 Å². The van der Waals surface area contributed by atoms with Crippen molar-refractivity contribution in [3.05, 3.63) is 82.9 Å². The second-order valence-corrected chi connectivity index (χ2v) is 9.04. The van der Waals surface area contributed by atoms with Gasteiger partial charge in [0, 0.05) is 47.7 Å². The number of pyridine rings is 1. The number of rotatable bonds is 9. The number of imidazole rings is 2. The summed E-state index contributed by atoms with van der Waals surface area (Å²) in [5.74, 6) is 1.23. The molecule has 0 saturated heterocycles. The molecule has 0 aliphatic carbocycles. The Kier molecular flexibility index (Phi) is 6.57. The van der Waals surface area contributed by atoms with Crippen LogP contribution in [-0.2, 0) is 13.0 Å². The van der Waals surface area contributed by atoms with Crippen molar-refractivity contribution in [1.29, 1.82) is 0 Å². The Morgan fingerprint density at radius 3 is 2.58 bits per heavy atom. The van der Waals surface area contributed by atoms with E-state index in [-0.39, 0.29) is 11.7 Å². The molecule has 0 fully saturated rings. The average molecular weight is 484 g/mol. The summed E-state index contributed by atoms with van der Waals surface area (Å²) in [6.07, 6.45) is 10.3. The molecule has 36 heavy (non-hydrogen) atoms. The van der Waals surface area contributed by atoms with Crippen molar-refractivity contribution in [3.8, 4) is 28.6 Å². The monoisotopic (exact) mass is 483 g/mol. The van der Waals surface area contributed by atoms with Gasteiger partial charge in [0.2, 0.25) is 5.95 Å². The van der Waals surface area contributed by atoms with Gasteiger partial charge in [0.05, 0.1) is 12.2 Å². The molecule has 10 nitrogen and oxygen atoms in total. The second-order valence-electron chi connectivity index (χ2n) is 9.04. The van der Waals surface area contributed by atoms with Gasteiger partial charge in [0.25, 0.3) is 0 Å². The third-order valence-electron chi connectivity index (χ3n) is 6.24. The maximum absolute atomic E-state index is 13.5. The molecule has 10 heteroatoms. The van der Waals surface area contributed by atoms with Crippen LogP contribution in [0, 0.1) is 0 Å². The Balaban J connectivity index is 1.47. The van der Waals surface area contributed by atoms with Crippen molar-refractivity contribution in [2.75, 3.05) is 0 Å². The summed E-state index contributed by atoms with van der Waals surface area (Å²) < 4.78 is 5.50. The molecule has 5 aromatic rings. The first kappa shape index (κ1) is 23.4. The molecular weight excluding hydrogens is 454 g/mol. The first-order valence-electron chi connectivity index (χ1n) is 12.2. The van der Waals surface area contributed by atoms with E-state index < -0.39 is 0 Å². The van der Waals surface area contributed by atoms with Crippen molar-refractivity contribution >= 4 is 0 Å². The SMILES string of the molecule is CCCCc1cn(-c2nccn2C(C)C)c(=O)n1Cc1ccc(-c2ccccc2-c2nnn[nH]2)nc1. The fraction of sp³-hybridized carbons (Fsp3) is 0.308. The number of hydrogen-bond acceptors (Lipinski definition) is 6. The highest BCUT2D eigenvalue weighted by Crippen LogP contribution is 2.28. The van der Waals surface area contributed by atoms with Gasteiger partial charge in [0.15, 0.2) is 5.82 Å². The Labute approximate surface area is 208 Å². The lowest BCUT2D eigenvalue weighted by Gasteiger charge is -2.11. The Morgan fingerprint density at radius 1 is 1.06 bits per heavy atom. The van der Waals surface area contributed by atoms with Gasteiger partial charge >= 0.3 is 5.69 Å². The van der Waals surface area contributed by atoms with Gasteiger partial charge in [-0.05, 0) is 48.7 Å². The highest BCUT2D eigenvalue weighted by Gasteiger charge is 2.17. The van der Waals surface area contributed by atoms with Gasteiger partial charge in [-0.15, -0.1) is 5.10 Å². The van der Waals surface area contributed by atoms with E-state index in [1.807, 2.05) is 64.1 Å². The summed E-state index contributed by atoms with van der Waals surface area (Å²) in [5.41, 5.74) is 4.45. The number of aromatic nitrogens is 9. The van der Waals surface area contributed by atoms with Gasteiger partial charge < -0.3 is 4.57 Å². The fourth-order valence-corrected chi connectivity index (χ4v) is 4.34. The number of aryl methyl sites for hydroxylation is 1. The summed E-state index contributed by atoms with van der Waals surface area (Å²) in [6, 6.07) is 12.0. The lowest BCUT2D eigenvalue weighted by Crippen LogP contribution is -2.26. The molecule has 1 aromatic carbocycles. The van der Waals surface area contributed by atoms with Crippen LogP contribution in [0.4, 0.5) is 0 Å². The number of aromatic amines is 1. The van der Waals surface area contributed by atoms with E-state index in [0.717, 1.165) is 47.3 Å². The quantitative estimate of drug-likeness (QED) is 0.338. The minimum Gasteiger partial charge on any atom is -0.314 e. The van der Waals surface area contributed by atoms with E-state index in [4.69, 9.17) is 4.98 Å². The molecule has 1 N–H and O–H groups in total. The molecule has 0 amide bonds.